The molecule has 1 aliphatic heterocycles. The summed E-state index contributed by atoms with van der Waals surface area (Å²) in [6.45, 7) is 0. The van der Waals surface area contributed by atoms with E-state index in [-0.39, 0.29) is 34.8 Å². The lowest BCUT2D eigenvalue weighted by Crippen LogP contribution is -2.41. The maximum absolute atomic E-state index is 14.8. The molecule has 1 amide bonds. The highest BCUT2D eigenvalue weighted by Crippen LogP contribution is 3.02. The number of hydrogen-bond donors (Lipinski definition) is 1. The van der Waals surface area contributed by atoms with Crippen LogP contribution in [0.1, 0.15) is 11.1 Å². The molecule has 4 rings (SSSR count). The number of aliphatic imine (C=N–C) groups is 1. The molecule has 2 N–H and O–H groups in total. The third-order valence-electron chi connectivity index (χ3n) is 5.58. The molecule has 2 aromatic carbocycles. The number of rotatable bonds is 5. The average Bonchev–Trinajstić information content (AvgIpc) is 3.03. The van der Waals surface area contributed by atoms with E-state index in [9.17, 15) is 28.6 Å². The van der Waals surface area contributed by atoms with Gasteiger partial charge in [-0.25, -0.2) is 9.38 Å². The molecule has 0 saturated carbocycles. The molecular formula is C22H18F6N4O2S. The molecule has 0 saturated heterocycles. The van der Waals surface area contributed by atoms with Gasteiger partial charge in [-0.15, -0.1) is 0 Å². The van der Waals surface area contributed by atoms with Crippen molar-refractivity contribution in [2.75, 3.05) is 14.2 Å². The third-order valence-corrected chi connectivity index (χ3v) is 6.73. The summed E-state index contributed by atoms with van der Waals surface area (Å²) >= 11 is 0. The summed E-state index contributed by atoms with van der Waals surface area (Å²) in [4.78, 5) is 20.1. The Hall–Kier alpha value is -3.74. The van der Waals surface area contributed by atoms with Gasteiger partial charge in [0.15, 0.2) is 11.5 Å². The molecule has 0 fully saturated rings. The lowest BCUT2D eigenvalue weighted by Gasteiger charge is -2.41. The molecule has 186 valence electrons. The number of halogens is 6. The van der Waals surface area contributed by atoms with Crippen LogP contribution in [0.25, 0.3) is 11.1 Å². The van der Waals surface area contributed by atoms with Crippen LogP contribution in [0, 0.1) is 5.82 Å². The van der Waals surface area contributed by atoms with Crippen molar-refractivity contribution >= 4 is 22.1 Å². The van der Waals surface area contributed by atoms with Crippen LogP contribution in [0.4, 0.5) is 23.8 Å². The summed E-state index contributed by atoms with van der Waals surface area (Å²) in [7, 11) is -7.50. The number of guanidine groups is 1. The van der Waals surface area contributed by atoms with Crippen molar-refractivity contribution in [2.24, 2.45) is 10.7 Å². The molecule has 13 heteroatoms. The molecule has 6 nitrogen and oxygen atoms in total. The smallest absolute Gasteiger partial charge is 0.310 e. The van der Waals surface area contributed by atoms with Crippen molar-refractivity contribution < 1.29 is 33.4 Å². The topological polar surface area (TPSA) is 80.8 Å². The first kappa shape index (κ1) is 24.4. The van der Waals surface area contributed by atoms with Crippen molar-refractivity contribution in [1.29, 1.82) is 0 Å². The van der Waals surface area contributed by atoms with Crippen LogP contribution in [0.5, 0.6) is 5.75 Å². The zero-order valence-electron chi connectivity index (χ0n) is 18.2. The third kappa shape index (κ3) is 4.16. The van der Waals surface area contributed by atoms with Crippen molar-refractivity contribution in [1.82, 2.24) is 9.88 Å². The zero-order valence-corrected chi connectivity index (χ0v) is 19.0. The van der Waals surface area contributed by atoms with Gasteiger partial charge in [0.1, 0.15) is 16.5 Å². The number of methoxy groups -OCH3 is 1. The van der Waals surface area contributed by atoms with E-state index in [1.165, 1.54) is 38.7 Å². The fourth-order valence-corrected chi connectivity index (χ4v) is 4.48. The normalized spacial score (nSPS) is 20.3. The summed E-state index contributed by atoms with van der Waals surface area (Å²) in [5.41, 5.74) is 3.09. The number of likely N-dealkylation sites (N-methyl/N-ethyl adjacent to an activating group) is 1. The predicted molar refractivity (Wildman–Crippen MR) is 119 cm³/mol. The van der Waals surface area contributed by atoms with Crippen molar-refractivity contribution in [3.63, 3.8) is 0 Å². The van der Waals surface area contributed by atoms with E-state index < -0.39 is 37.9 Å². The second-order valence-electron chi connectivity index (χ2n) is 7.85. The standard InChI is InChI=1S/C22H18F6N4O2S/c1-32-20(33)22(31-21(32)29,14-4-3-5-17(9-14)35(24,25,26,27)28)15-6-7-19(23)18(10-15)13-8-16(34-2)12-30-11-13/h3-12H,1-2H3,(H2,29,31). The van der Waals surface area contributed by atoms with Crippen molar-refractivity contribution in [2.45, 2.75) is 10.4 Å². The maximum Gasteiger partial charge on any atom is 0.310 e. The van der Waals surface area contributed by atoms with Crippen LogP contribution >= 0.6 is 10.2 Å². The van der Waals surface area contributed by atoms with Crippen LogP contribution in [-0.4, -0.2) is 35.9 Å². The second-order valence-corrected chi connectivity index (χ2v) is 10.3. The largest absolute Gasteiger partial charge is 0.495 e. The van der Waals surface area contributed by atoms with Gasteiger partial charge in [-0.1, -0.05) is 37.6 Å². The molecule has 35 heavy (non-hydrogen) atoms. The minimum atomic E-state index is -10.1. The zero-order chi connectivity index (χ0) is 25.9. The van der Waals surface area contributed by atoms with E-state index in [0.29, 0.717) is 5.75 Å². The van der Waals surface area contributed by atoms with Crippen LogP contribution in [0.2, 0.25) is 0 Å². The van der Waals surface area contributed by atoms with Crippen molar-refractivity contribution in [3.8, 4) is 16.9 Å². The Labute approximate surface area is 195 Å². The van der Waals surface area contributed by atoms with E-state index in [2.05, 4.69) is 9.98 Å². The van der Waals surface area contributed by atoms with Crippen LogP contribution in [0.15, 0.2) is 70.8 Å². The molecule has 0 bridgehead atoms. The van der Waals surface area contributed by atoms with Gasteiger partial charge >= 0.3 is 10.2 Å². The van der Waals surface area contributed by atoms with E-state index in [1.807, 2.05) is 0 Å². The van der Waals surface area contributed by atoms with Gasteiger partial charge in [0.05, 0.1) is 13.3 Å². The number of ether oxygens (including phenoxy) is 1. The monoisotopic (exact) mass is 516 g/mol. The fraction of sp³-hybridized carbons (Fsp3) is 0.136. The van der Waals surface area contributed by atoms with Gasteiger partial charge in [-0.3, -0.25) is 14.7 Å². The van der Waals surface area contributed by atoms with Crippen molar-refractivity contribution in [3.05, 3.63) is 77.9 Å². The molecule has 0 spiro atoms. The second kappa shape index (κ2) is 7.13. The van der Waals surface area contributed by atoms with Gasteiger partial charge in [-0.05, 0) is 41.5 Å². The number of aromatic nitrogens is 1. The summed E-state index contributed by atoms with van der Waals surface area (Å²) in [5.74, 6) is -1.71. The van der Waals surface area contributed by atoms with E-state index in [1.54, 1.807) is 0 Å². The average molecular weight is 516 g/mol. The Bertz CT molecular complexity index is 1400. The molecule has 1 aliphatic rings. The van der Waals surface area contributed by atoms with Crippen LogP contribution < -0.4 is 10.5 Å². The lowest BCUT2D eigenvalue weighted by molar-refractivity contribution is -0.129. The van der Waals surface area contributed by atoms with Gasteiger partial charge in [0.25, 0.3) is 5.91 Å². The molecule has 1 atom stereocenters. The Kier molecular flexibility index (Phi) is 4.97. The quantitative estimate of drug-likeness (QED) is 0.449. The Morgan fingerprint density at radius 3 is 2.29 bits per heavy atom. The summed E-state index contributed by atoms with van der Waals surface area (Å²) in [6, 6.07) is 6.95. The fourth-order valence-electron chi connectivity index (χ4n) is 3.79. The van der Waals surface area contributed by atoms with Gasteiger partial charge < -0.3 is 10.5 Å². The molecule has 0 aliphatic carbocycles. The first-order chi connectivity index (χ1) is 16.1. The minimum absolute atomic E-state index is 0.0757. The molecule has 0 radical (unpaired) electrons. The molecule has 1 aromatic heterocycles. The molecule has 2 heterocycles. The summed E-state index contributed by atoms with van der Waals surface area (Å²) < 4.78 is 87.8. The van der Waals surface area contributed by atoms with E-state index in [0.717, 1.165) is 29.2 Å². The number of nitrogens with zero attached hydrogens (tertiary/aromatic N) is 3. The van der Waals surface area contributed by atoms with E-state index in [4.69, 9.17) is 10.5 Å². The highest BCUT2D eigenvalue weighted by atomic mass is 32.5. The minimum Gasteiger partial charge on any atom is -0.495 e. The maximum atomic E-state index is 14.8. The first-order valence-electron chi connectivity index (χ1n) is 9.84. The number of hydrogen-bond acceptors (Lipinski definition) is 5. The van der Waals surface area contributed by atoms with Gasteiger partial charge in [0.2, 0.25) is 0 Å². The molecular weight excluding hydrogens is 498 g/mol. The number of benzene rings is 2. The number of carbonyl (C=O) groups is 1. The lowest BCUT2D eigenvalue weighted by atomic mass is 9.81. The number of amides is 1. The number of nitrogens with two attached hydrogens (primary N) is 1. The highest BCUT2D eigenvalue weighted by molar-refractivity contribution is 8.45. The Morgan fingerprint density at radius 2 is 1.69 bits per heavy atom. The van der Waals surface area contributed by atoms with Gasteiger partial charge in [-0.2, -0.15) is 0 Å². The molecule has 1 unspecified atom stereocenters. The Morgan fingerprint density at radius 1 is 1.00 bits per heavy atom. The SMILES string of the molecule is COc1cncc(-c2cc(C3(c4cccc(S(F)(F)(F)(F)F)c4)N=C(N)N(C)C3=O)ccc2F)c1. The summed E-state index contributed by atoms with van der Waals surface area (Å²) in [5, 5.41) is 0. The van der Waals surface area contributed by atoms with Gasteiger partial charge in [0, 0.05) is 24.4 Å². The van der Waals surface area contributed by atoms with Crippen LogP contribution in [-0.2, 0) is 10.3 Å². The first-order valence-corrected chi connectivity index (χ1v) is 11.8. The predicted octanol–water partition coefficient (Wildman–Crippen LogP) is 5.58. The molecule has 3 aromatic rings. The van der Waals surface area contributed by atoms with Crippen LogP contribution in [0.3, 0.4) is 0 Å². The number of pyridine rings is 1. The highest BCUT2D eigenvalue weighted by Gasteiger charge is 2.66. The van der Waals surface area contributed by atoms with E-state index >= 15 is 0 Å². The Balaban J connectivity index is 2.00. The number of carbonyl (C=O) groups excluding carboxylic acids is 1. The summed E-state index contributed by atoms with van der Waals surface area (Å²) in [6.07, 6.45) is 2.69.